The lowest BCUT2D eigenvalue weighted by atomic mass is 10.0. The van der Waals surface area contributed by atoms with Crippen LogP contribution in [-0.4, -0.2) is 21.3 Å². The summed E-state index contributed by atoms with van der Waals surface area (Å²) in [4.78, 5) is 13.6. The van der Waals surface area contributed by atoms with E-state index in [0.29, 0.717) is 11.6 Å². The van der Waals surface area contributed by atoms with Crippen molar-refractivity contribution in [1.82, 2.24) is 9.97 Å². The van der Waals surface area contributed by atoms with Gasteiger partial charge in [-0.15, -0.1) is 0 Å². The Bertz CT molecular complexity index is 828. The van der Waals surface area contributed by atoms with E-state index in [1.807, 2.05) is 26.0 Å². The predicted molar refractivity (Wildman–Crippen MR) is 107 cm³/mol. The SMILES string of the molecule is CCCCC(=Nc1c(C)ncnc1OC1(C)CC1)c1ccc(C)cc1Cl. The molecule has 0 amide bonds. The van der Waals surface area contributed by atoms with Crippen LogP contribution >= 0.6 is 11.6 Å². The normalized spacial score (nSPS) is 15.8. The van der Waals surface area contributed by atoms with Crippen molar-refractivity contribution >= 4 is 23.0 Å². The van der Waals surface area contributed by atoms with E-state index in [1.54, 1.807) is 6.33 Å². The molecular weight excluding hydrogens is 346 g/mol. The maximum absolute atomic E-state index is 6.52. The lowest BCUT2D eigenvalue weighted by Crippen LogP contribution is -2.14. The average Bonchev–Trinajstić information content (AvgIpc) is 3.31. The molecule has 4 nitrogen and oxygen atoms in total. The standard InChI is InChI=1S/C21H26ClN3O/c1-5-6-7-18(16-9-8-14(2)12-17(16)22)25-19-15(3)23-13-24-20(19)26-21(4)10-11-21/h8-9,12-13H,5-7,10-11H2,1-4H3. The molecule has 0 aliphatic heterocycles. The fraction of sp³-hybridized carbons (Fsp3) is 0.476. The molecule has 0 unspecified atom stereocenters. The molecule has 5 heteroatoms. The van der Waals surface area contributed by atoms with Crippen molar-refractivity contribution in [3.63, 3.8) is 0 Å². The Morgan fingerprint density at radius 3 is 2.69 bits per heavy atom. The second kappa shape index (κ2) is 7.75. The summed E-state index contributed by atoms with van der Waals surface area (Å²) in [5.74, 6) is 0.565. The van der Waals surface area contributed by atoms with E-state index in [0.717, 1.165) is 59.7 Å². The van der Waals surface area contributed by atoms with Crippen LogP contribution < -0.4 is 4.74 Å². The predicted octanol–water partition coefficient (Wildman–Crippen LogP) is 5.99. The van der Waals surface area contributed by atoms with Crippen LogP contribution in [-0.2, 0) is 0 Å². The molecule has 1 aliphatic carbocycles. The van der Waals surface area contributed by atoms with Crippen molar-refractivity contribution < 1.29 is 4.74 Å². The summed E-state index contributed by atoms with van der Waals surface area (Å²) in [7, 11) is 0. The van der Waals surface area contributed by atoms with E-state index < -0.39 is 0 Å². The molecule has 1 aromatic carbocycles. The van der Waals surface area contributed by atoms with Crippen LogP contribution in [0.5, 0.6) is 5.88 Å². The van der Waals surface area contributed by atoms with Gasteiger partial charge in [0.05, 0.1) is 11.4 Å². The molecule has 3 rings (SSSR count). The van der Waals surface area contributed by atoms with Crippen LogP contribution in [0.1, 0.15) is 62.8 Å². The molecule has 1 aliphatic rings. The molecule has 26 heavy (non-hydrogen) atoms. The third-order valence-electron chi connectivity index (χ3n) is 4.72. The first-order chi connectivity index (χ1) is 12.4. The Hall–Kier alpha value is -1.94. The Balaban J connectivity index is 2.05. The highest BCUT2D eigenvalue weighted by Crippen LogP contribution is 2.42. The van der Waals surface area contributed by atoms with Gasteiger partial charge in [0.15, 0.2) is 0 Å². The number of aryl methyl sites for hydroxylation is 2. The number of halogens is 1. The summed E-state index contributed by atoms with van der Waals surface area (Å²) in [6.45, 7) is 8.26. The number of unbranched alkanes of at least 4 members (excludes halogenated alkanes) is 1. The van der Waals surface area contributed by atoms with Crippen molar-refractivity contribution in [2.24, 2.45) is 4.99 Å². The second-order valence-corrected chi connectivity index (χ2v) is 7.72. The number of nitrogens with zero attached hydrogens (tertiary/aromatic N) is 3. The molecule has 0 N–H and O–H groups in total. The zero-order chi connectivity index (χ0) is 18.7. The van der Waals surface area contributed by atoms with Gasteiger partial charge in [-0.1, -0.05) is 37.1 Å². The zero-order valence-electron chi connectivity index (χ0n) is 16.0. The first kappa shape index (κ1) is 18.8. The van der Waals surface area contributed by atoms with Crippen molar-refractivity contribution in [1.29, 1.82) is 0 Å². The molecule has 0 atom stereocenters. The van der Waals surface area contributed by atoms with Gasteiger partial charge in [-0.05, 0) is 58.1 Å². The number of ether oxygens (including phenoxy) is 1. The van der Waals surface area contributed by atoms with Gasteiger partial charge >= 0.3 is 0 Å². The summed E-state index contributed by atoms with van der Waals surface area (Å²) in [5, 5.41) is 0.728. The molecule has 0 bridgehead atoms. The highest BCUT2D eigenvalue weighted by molar-refractivity contribution is 6.34. The van der Waals surface area contributed by atoms with Gasteiger partial charge in [-0.25, -0.2) is 9.98 Å². The van der Waals surface area contributed by atoms with Gasteiger partial charge in [-0.3, -0.25) is 0 Å². The maximum Gasteiger partial charge on any atom is 0.243 e. The van der Waals surface area contributed by atoms with E-state index in [9.17, 15) is 0 Å². The molecular formula is C21H26ClN3O. The van der Waals surface area contributed by atoms with Gasteiger partial charge in [0.25, 0.3) is 0 Å². The van der Waals surface area contributed by atoms with E-state index in [4.69, 9.17) is 21.3 Å². The molecule has 0 radical (unpaired) electrons. The van der Waals surface area contributed by atoms with Crippen LogP contribution in [0.2, 0.25) is 5.02 Å². The quantitative estimate of drug-likeness (QED) is 0.561. The van der Waals surface area contributed by atoms with Crippen LogP contribution in [0.3, 0.4) is 0 Å². The zero-order valence-corrected chi connectivity index (χ0v) is 16.7. The van der Waals surface area contributed by atoms with Crippen LogP contribution in [0.15, 0.2) is 29.5 Å². The minimum atomic E-state index is -0.115. The maximum atomic E-state index is 6.52. The average molecular weight is 372 g/mol. The molecule has 1 aromatic heterocycles. The summed E-state index contributed by atoms with van der Waals surface area (Å²) in [5.41, 5.74) is 4.48. The second-order valence-electron chi connectivity index (χ2n) is 7.31. The largest absolute Gasteiger partial charge is 0.470 e. The molecule has 1 fully saturated rings. The highest BCUT2D eigenvalue weighted by Gasteiger charge is 2.41. The Labute approximate surface area is 160 Å². The molecule has 1 saturated carbocycles. The van der Waals surface area contributed by atoms with E-state index in [2.05, 4.69) is 29.9 Å². The molecule has 0 saturated heterocycles. The molecule has 1 heterocycles. The number of benzene rings is 1. The number of hydrogen-bond acceptors (Lipinski definition) is 4. The van der Waals surface area contributed by atoms with Crippen molar-refractivity contribution in [2.45, 2.75) is 65.4 Å². The first-order valence-corrected chi connectivity index (χ1v) is 9.64. The van der Waals surface area contributed by atoms with E-state index in [1.165, 1.54) is 0 Å². The smallest absolute Gasteiger partial charge is 0.243 e. The molecule has 138 valence electrons. The van der Waals surface area contributed by atoms with E-state index in [-0.39, 0.29) is 5.60 Å². The lowest BCUT2D eigenvalue weighted by molar-refractivity contribution is 0.192. The lowest BCUT2D eigenvalue weighted by Gasteiger charge is -2.16. The fourth-order valence-electron chi connectivity index (χ4n) is 2.74. The van der Waals surface area contributed by atoms with Crippen LogP contribution in [0.25, 0.3) is 0 Å². The van der Waals surface area contributed by atoms with Crippen molar-refractivity contribution in [3.8, 4) is 5.88 Å². The molecule has 2 aromatic rings. The van der Waals surface area contributed by atoms with Gasteiger partial charge in [0.2, 0.25) is 5.88 Å². The van der Waals surface area contributed by atoms with Crippen molar-refractivity contribution in [2.75, 3.05) is 0 Å². The topological polar surface area (TPSA) is 47.4 Å². The van der Waals surface area contributed by atoms with Crippen LogP contribution in [0.4, 0.5) is 5.69 Å². The van der Waals surface area contributed by atoms with Gasteiger partial charge in [0.1, 0.15) is 17.6 Å². The first-order valence-electron chi connectivity index (χ1n) is 9.26. The summed E-state index contributed by atoms with van der Waals surface area (Å²) in [6.07, 6.45) is 6.62. The molecule has 0 spiro atoms. The monoisotopic (exact) mass is 371 g/mol. The highest BCUT2D eigenvalue weighted by atomic mass is 35.5. The number of aliphatic imine (C=N–C) groups is 1. The van der Waals surface area contributed by atoms with Gasteiger partial charge in [-0.2, -0.15) is 4.98 Å². The number of hydrogen-bond donors (Lipinski definition) is 0. The minimum absolute atomic E-state index is 0.115. The summed E-state index contributed by atoms with van der Waals surface area (Å²) >= 11 is 6.52. The summed E-state index contributed by atoms with van der Waals surface area (Å²) < 4.78 is 6.12. The Kier molecular flexibility index (Phi) is 5.61. The van der Waals surface area contributed by atoms with Crippen LogP contribution in [0, 0.1) is 13.8 Å². The third-order valence-corrected chi connectivity index (χ3v) is 5.03. The summed E-state index contributed by atoms with van der Waals surface area (Å²) in [6, 6.07) is 6.10. The third kappa shape index (κ3) is 4.42. The van der Waals surface area contributed by atoms with Crippen molar-refractivity contribution in [3.05, 3.63) is 46.4 Å². The Morgan fingerprint density at radius 2 is 2.04 bits per heavy atom. The fourth-order valence-corrected chi connectivity index (χ4v) is 3.09. The van der Waals surface area contributed by atoms with Gasteiger partial charge < -0.3 is 4.74 Å². The number of rotatable bonds is 7. The van der Waals surface area contributed by atoms with E-state index >= 15 is 0 Å². The Morgan fingerprint density at radius 1 is 1.27 bits per heavy atom. The number of aromatic nitrogens is 2. The van der Waals surface area contributed by atoms with Gasteiger partial charge in [0, 0.05) is 10.6 Å². The minimum Gasteiger partial charge on any atom is -0.470 e.